The molecule has 0 fully saturated rings. The van der Waals surface area contributed by atoms with Gasteiger partial charge in [0.1, 0.15) is 5.69 Å². The van der Waals surface area contributed by atoms with Crippen molar-refractivity contribution in [2.45, 2.75) is 27.3 Å². The molecule has 0 bridgehead atoms. The van der Waals surface area contributed by atoms with Gasteiger partial charge in [-0.15, -0.1) is 11.3 Å². The topological polar surface area (TPSA) is 103 Å². The molecule has 1 amide bonds. The Morgan fingerprint density at radius 1 is 1.26 bits per heavy atom. The number of benzene rings is 1. The van der Waals surface area contributed by atoms with Crippen LogP contribution in [0.3, 0.4) is 0 Å². The molecule has 0 aliphatic heterocycles. The number of hydrogen-bond acceptors (Lipinski definition) is 7. The lowest BCUT2D eigenvalue weighted by molar-refractivity contribution is -0.119. The van der Waals surface area contributed by atoms with Gasteiger partial charge in [0.25, 0.3) is 11.5 Å². The summed E-state index contributed by atoms with van der Waals surface area (Å²) < 4.78 is 6.65. The number of fused-ring (bicyclic) bond motifs is 1. The van der Waals surface area contributed by atoms with Gasteiger partial charge in [0.2, 0.25) is 0 Å². The van der Waals surface area contributed by atoms with Crippen molar-refractivity contribution in [1.82, 2.24) is 14.5 Å². The molecule has 0 radical (unpaired) electrons. The lowest BCUT2D eigenvalue weighted by Gasteiger charge is -2.10. The monoisotopic (exact) mass is 386 g/mol. The molecule has 0 aliphatic carbocycles. The first-order chi connectivity index (χ1) is 12.9. The van der Waals surface area contributed by atoms with Gasteiger partial charge in [-0.2, -0.15) is 0 Å². The molecule has 0 spiro atoms. The first kappa shape index (κ1) is 18.7. The van der Waals surface area contributed by atoms with Crippen molar-refractivity contribution in [2.75, 3.05) is 11.9 Å². The summed E-state index contributed by atoms with van der Waals surface area (Å²) in [6.07, 6.45) is 0. The third-order valence-corrected chi connectivity index (χ3v) is 4.74. The smallest absolute Gasteiger partial charge is 0.338 e. The number of aryl methyl sites for hydroxylation is 3. The van der Waals surface area contributed by atoms with E-state index in [0.717, 1.165) is 5.69 Å². The Morgan fingerprint density at radius 3 is 2.70 bits per heavy atom. The van der Waals surface area contributed by atoms with Crippen LogP contribution in [0.2, 0.25) is 0 Å². The van der Waals surface area contributed by atoms with Crippen LogP contribution in [0.5, 0.6) is 0 Å². The van der Waals surface area contributed by atoms with Crippen LogP contribution in [-0.4, -0.2) is 33.0 Å². The van der Waals surface area contributed by atoms with Gasteiger partial charge in [0.15, 0.2) is 11.7 Å². The van der Waals surface area contributed by atoms with Gasteiger partial charge >= 0.3 is 5.97 Å². The van der Waals surface area contributed by atoms with E-state index in [2.05, 4.69) is 15.3 Å². The second-order valence-electron chi connectivity index (χ2n) is 5.87. The molecule has 0 saturated carbocycles. The Balaban J connectivity index is 1.73. The van der Waals surface area contributed by atoms with E-state index in [4.69, 9.17) is 4.74 Å². The fraction of sp³-hybridized carbons (Fsp3) is 0.278. The molecule has 140 valence electrons. The summed E-state index contributed by atoms with van der Waals surface area (Å²) in [7, 11) is 0. The molecule has 1 aromatic carbocycles. The standard InChI is InChI=1S/C18H18N4O4S/c1-4-22-14-6-5-12(7-13(14)20-11(3)16(22)24)17(25)26-8-15(23)21-18-19-10(2)9-27-18/h5-7,9H,4,8H2,1-3H3,(H,19,21,23). The Labute approximate surface area is 158 Å². The minimum Gasteiger partial charge on any atom is -0.452 e. The maximum atomic E-state index is 12.2. The van der Waals surface area contributed by atoms with Crippen molar-refractivity contribution < 1.29 is 14.3 Å². The molecule has 0 aliphatic rings. The van der Waals surface area contributed by atoms with Crippen LogP contribution < -0.4 is 10.9 Å². The summed E-state index contributed by atoms with van der Waals surface area (Å²) in [5.74, 6) is -1.11. The van der Waals surface area contributed by atoms with Crippen LogP contribution in [0, 0.1) is 13.8 Å². The zero-order chi connectivity index (χ0) is 19.6. The highest BCUT2D eigenvalue weighted by atomic mass is 32.1. The molecular weight excluding hydrogens is 368 g/mol. The molecular formula is C18H18N4O4S. The Morgan fingerprint density at radius 2 is 2.04 bits per heavy atom. The molecule has 27 heavy (non-hydrogen) atoms. The van der Waals surface area contributed by atoms with E-state index >= 15 is 0 Å². The number of hydrogen-bond donors (Lipinski definition) is 1. The van der Waals surface area contributed by atoms with E-state index in [0.29, 0.717) is 28.4 Å². The van der Waals surface area contributed by atoms with E-state index in [1.807, 2.05) is 19.2 Å². The Bertz CT molecular complexity index is 1090. The van der Waals surface area contributed by atoms with Crippen LogP contribution in [0.4, 0.5) is 5.13 Å². The van der Waals surface area contributed by atoms with E-state index in [9.17, 15) is 14.4 Å². The highest BCUT2D eigenvalue weighted by Crippen LogP contribution is 2.15. The van der Waals surface area contributed by atoms with Gasteiger partial charge in [0, 0.05) is 11.9 Å². The molecule has 3 rings (SSSR count). The summed E-state index contributed by atoms with van der Waals surface area (Å²) in [5.41, 5.74) is 2.42. The summed E-state index contributed by atoms with van der Waals surface area (Å²) in [6.45, 7) is 5.39. The average molecular weight is 386 g/mol. The van der Waals surface area contributed by atoms with Crippen LogP contribution in [-0.2, 0) is 16.1 Å². The number of carbonyl (C=O) groups excluding carboxylic acids is 2. The fourth-order valence-corrected chi connectivity index (χ4v) is 3.30. The number of esters is 1. The molecule has 9 heteroatoms. The van der Waals surface area contributed by atoms with Crippen molar-refractivity contribution in [3.63, 3.8) is 0 Å². The number of anilines is 1. The van der Waals surface area contributed by atoms with Crippen molar-refractivity contribution in [3.05, 3.63) is 50.9 Å². The quantitative estimate of drug-likeness (QED) is 0.675. The predicted octanol–water partition coefficient (Wildman–Crippen LogP) is 2.29. The Kier molecular flexibility index (Phi) is 5.31. The van der Waals surface area contributed by atoms with Gasteiger partial charge < -0.3 is 9.30 Å². The SMILES string of the molecule is CCn1c(=O)c(C)nc2cc(C(=O)OCC(=O)Nc3nc(C)cs3)ccc21. The molecule has 0 saturated heterocycles. The zero-order valence-corrected chi connectivity index (χ0v) is 15.9. The number of thiazole rings is 1. The zero-order valence-electron chi connectivity index (χ0n) is 15.1. The van der Waals surface area contributed by atoms with Crippen LogP contribution >= 0.6 is 11.3 Å². The molecule has 0 atom stereocenters. The minimum atomic E-state index is -0.643. The van der Waals surface area contributed by atoms with Crippen molar-refractivity contribution in [3.8, 4) is 0 Å². The molecule has 8 nitrogen and oxygen atoms in total. The number of nitrogens with zero attached hydrogens (tertiary/aromatic N) is 3. The van der Waals surface area contributed by atoms with Crippen LogP contribution in [0.1, 0.15) is 28.7 Å². The molecule has 0 unspecified atom stereocenters. The van der Waals surface area contributed by atoms with Gasteiger partial charge in [-0.3, -0.25) is 14.9 Å². The number of ether oxygens (including phenoxy) is 1. The number of rotatable bonds is 5. The number of nitrogens with one attached hydrogen (secondary N) is 1. The van der Waals surface area contributed by atoms with E-state index in [-0.39, 0.29) is 11.1 Å². The van der Waals surface area contributed by atoms with Gasteiger partial charge in [-0.05, 0) is 39.0 Å². The summed E-state index contributed by atoms with van der Waals surface area (Å²) in [5, 5.41) is 4.83. The average Bonchev–Trinajstić information content (AvgIpc) is 3.05. The highest BCUT2D eigenvalue weighted by molar-refractivity contribution is 7.13. The first-order valence-electron chi connectivity index (χ1n) is 8.29. The van der Waals surface area contributed by atoms with E-state index in [1.54, 1.807) is 29.7 Å². The molecule has 1 N–H and O–H groups in total. The predicted molar refractivity (Wildman–Crippen MR) is 102 cm³/mol. The van der Waals surface area contributed by atoms with E-state index in [1.165, 1.54) is 11.3 Å². The third-order valence-electron chi connectivity index (χ3n) is 3.86. The molecule has 3 aromatic rings. The van der Waals surface area contributed by atoms with Crippen LogP contribution in [0.25, 0.3) is 11.0 Å². The maximum absolute atomic E-state index is 12.2. The third kappa shape index (κ3) is 4.03. The lowest BCUT2D eigenvalue weighted by Crippen LogP contribution is -2.23. The number of carbonyl (C=O) groups is 2. The van der Waals surface area contributed by atoms with Crippen molar-refractivity contribution in [1.29, 1.82) is 0 Å². The van der Waals surface area contributed by atoms with E-state index < -0.39 is 18.5 Å². The molecule has 2 heterocycles. The number of amides is 1. The Hall–Kier alpha value is -3.07. The summed E-state index contributed by atoms with van der Waals surface area (Å²) >= 11 is 1.30. The second-order valence-corrected chi connectivity index (χ2v) is 6.73. The lowest BCUT2D eigenvalue weighted by atomic mass is 10.2. The molecule has 2 aromatic heterocycles. The van der Waals surface area contributed by atoms with Crippen LogP contribution in [0.15, 0.2) is 28.4 Å². The normalized spacial score (nSPS) is 10.8. The van der Waals surface area contributed by atoms with Gasteiger partial charge in [-0.1, -0.05) is 0 Å². The fourth-order valence-electron chi connectivity index (χ4n) is 2.60. The number of aromatic nitrogens is 3. The first-order valence-corrected chi connectivity index (χ1v) is 9.17. The van der Waals surface area contributed by atoms with Crippen molar-refractivity contribution in [2.24, 2.45) is 0 Å². The van der Waals surface area contributed by atoms with Crippen molar-refractivity contribution >= 4 is 39.4 Å². The minimum absolute atomic E-state index is 0.158. The maximum Gasteiger partial charge on any atom is 0.338 e. The van der Waals surface area contributed by atoms with Gasteiger partial charge in [-0.25, -0.2) is 14.8 Å². The summed E-state index contributed by atoms with van der Waals surface area (Å²) in [6, 6.07) is 4.76. The summed E-state index contributed by atoms with van der Waals surface area (Å²) in [4.78, 5) is 44.6. The second kappa shape index (κ2) is 7.67. The van der Waals surface area contributed by atoms with Gasteiger partial charge in [0.05, 0.1) is 22.3 Å². The largest absolute Gasteiger partial charge is 0.452 e. The highest BCUT2D eigenvalue weighted by Gasteiger charge is 2.14.